The molecule has 8 heteroatoms. The van der Waals surface area contributed by atoms with Crippen LogP contribution in [0.5, 0.6) is 0 Å². The van der Waals surface area contributed by atoms with E-state index in [0.717, 1.165) is 11.1 Å². The Morgan fingerprint density at radius 2 is 1.69 bits per heavy atom. The van der Waals surface area contributed by atoms with Crippen molar-refractivity contribution in [3.63, 3.8) is 0 Å². The van der Waals surface area contributed by atoms with E-state index in [9.17, 15) is 23.1 Å². The number of hydrogen-bond acceptors (Lipinski definition) is 4. The van der Waals surface area contributed by atoms with Crippen LogP contribution < -0.4 is 9.80 Å². The topological polar surface area (TPSA) is 95.0 Å². The van der Waals surface area contributed by atoms with Crippen molar-refractivity contribution in [2.75, 3.05) is 22.1 Å². The molecule has 2 amide bonds. The molecule has 0 radical (unpaired) electrons. The van der Waals surface area contributed by atoms with Crippen LogP contribution in [0.2, 0.25) is 0 Å². The summed E-state index contributed by atoms with van der Waals surface area (Å²) in [4.78, 5) is 27.0. The average molecular weight is 416 g/mol. The maximum absolute atomic E-state index is 12.2. The minimum absolute atomic E-state index is 0.0951. The molecule has 1 aliphatic rings. The number of carbonyl (C=O) groups is 2. The van der Waals surface area contributed by atoms with Crippen LogP contribution in [0.15, 0.2) is 47.4 Å². The van der Waals surface area contributed by atoms with Crippen LogP contribution in [-0.2, 0) is 14.6 Å². The summed E-state index contributed by atoms with van der Waals surface area (Å²) in [5.74, 6) is -0.0558. The molecule has 0 aromatic heterocycles. The lowest BCUT2D eigenvalue weighted by molar-refractivity contribution is -0.117. The maximum atomic E-state index is 12.2. The van der Waals surface area contributed by atoms with Crippen LogP contribution in [-0.4, -0.2) is 43.9 Å². The largest absolute Gasteiger partial charge is 0.465 e. The second-order valence-electron chi connectivity index (χ2n) is 7.18. The van der Waals surface area contributed by atoms with Gasteiger partial charge in [0.15, 0.2) is 9.84 Å². The monoisotopic (exact) mass is 416 g/mol. The number of nitrogens with zero attached hydrogens (tertiary/aromatic N) is 2. The van der Waals surface area contributed by atoms with E-state index in [-0.39, 0.29) is 29.1 Å². The van der Waals surface area contributed by atoms with E-state index in [1.165, 1.54) is 11.8 Å². The zero-order valence-corrected chi connectivity index (χ0v) is 17.4. The number of benzene rings is 2. The molecule has 0 bridgehead atoms. The van der Waals surface area contributed by atoms with E-state index in [2.05, 4.69) is 0 Å². The lowest BCUT2D eigenvalue weighted by Gasteiger charge is -2.39. The number of hydrogen-bond donors (Lipinski definition) is 1. The van der Waals surface area contributed by atoms with E-state index in [1.54, 1.807) is 41.3 Å². The molecule has 2 aromatic rings. The quantitative estimate of drug-likeness (QED) is 0.818. The summed E-state index contributed by atoms with van der Waals surface area (Å²) in [5.41, 5.74) is 2.49. The molecule has 0 spiro atoms. The summed E-state index contributed by atoms with van der Waals surface area (Å²) < 4.78 is 24.4. The second kappa shape index (κ2) is 7.87. The zero-order valence-electron chi connectivity index (χ0n) is 16.6. The third-order valence-electron chi connectivity index (χ3n) is 5.00. The van der Waals surface area contributed by atoms with Crippen molar-refractivity contribution >= 4 is 33.2 Å². The first-order chi connectivity index (χ1) is 13.7. The van der Waals surface area contributed by atoms with Gasteiger partial charge in [-0.05, 0) is 48.7 Å². The average Bonchev–Trinajstić information content (AvgIpc) is 2.66. The van der Waals surface area contributed by atoms with E-state index in [4.69, 9.17) is 0 Å². The highest BCUT2D eigenvalue weighted by molar-refractivity contribution is 7.91. The Morgan fingerprint density at radius 1 is 1.07 bits per heavy atom. The van der Waals surface area contributed by atoms with Crippen LogP contribution in [0.4, 0.5) is 16.2 Å². The van der Waals surface area contributed by atoms with Crippen LogP contribution in [0.3, 0.4) is 0 Å². The minimum atomic E-state index is -3.30. The van der Waals surface area contributed by atoms with Gasteiger partial charge in [-0.2, -0.15) is 0 Å². The van der Waals surface area contributed by atoms with Crippen molar-refractivity contribution in [2.24, 2.45) is 0 Å². The van der Waals surface area contributed by atoms with Crippen LogP contribution >= 0.6 is 0 Å². The molecule has 3 rings (SSSR count). The molecule has 29 heavy (non-hydrogen) atoms. The molecular formula is C21H24N2O5S. The molecule has 7 nitrogen and oxygen atoms in total. The van der Waals surface area contributed by atoms with Crippen molar-refractivity contribution in [1.29, 1.82) is 0 Å². The summed E-state index contributed by atoms with van der Waals surface area (Å²) in [6.07, 6.45) is -0.537. The minimum Gasteiger partial charge on any atom is -0.465 e. The third-order valence-corrected chi connectivity index (χ3v) is 6.94. The van der Waals surface area contributed by atoms with Gasteiger partial charge in [0.1, 0.15) is 0 Å². The summed E-state index contributed by atoms with van der Waals surface area (Å²) in [6.45, 7) is 5.27. The zero-order chi connectivity index (χ0) is 21.3. The number of amides is 2. The fourth-order valence-electron chi connectivity index (χ4n) is 3.71. The molecular weight excluding hydrogens is 392 g/mol. The van der Waals surface area contributed by atoms with E-state index in [0.29, 0.717) is 17.8 Å². The molecule has 0 saturated heterocycles. The van der Waals surface area contributed by atoms with Gasteiger partial charge in [0.25, 0.3) is 0 Å². The molecule has 1 aliphatic heterocycles. The van der Waals surface area contributed by atoms with Gasteiger partial charge in [0.05, 0.1) is 28.1 Å². The molecule has 1 N–H and O–H groups in total. The van der Waals surface area contributed by atoms with Crippen molar-refractivity contribution < 1.29 is 23.1 Å². The fourth-order valence-corrected chi connectivity index (χ4v) is 5.03. The molecule has 0 saturated carbocycles. The first-order valence-corrected chi connectivity index (χ1v) is 11.1. The number of sulfone groups is 1. The van der Waals surface area contributed by atoms with E-state index < -0.39 is 15.9 Å². The smallest absolute Gasteiger partial charge is 0.411 e. The molecule has 0 fully saturated rings. The Balaban J connectivity index is 2.04. The lowest BCUT2D eigenvalue weighted by Crippen LogP contribution is -2.51. The van der Waals surface area contributed by atoms with Gasteiger partial charge in [-0.1, -0.05) is 25.1 Å². The Morgan fingerprint density at radius 3 is 2.24 bits per heavy atom. The Labute approximate surface area is 170 Å². The van der Waals surface area contributed by atoms with Crippen molar-refractivity contribution in [1.82, 2.24) is 0 Å². The summed E-state index contributed by atoms with van der Waals surface area (Å²) >= 11 is 0. The number of carbonyl (C=O) groups excluding carboxylic acids is 1. The van der Waals surface area contributed by atoms with Gasteiger partial charge in [-0.3, -0.25) is 9.69 Å². The van der Waals surface area contributed by atoms with Crippen molar-refractivity contribution in [3.8, 4) is 11.1 Å². The summed E-state index contributed by atoms with van der Waals surface area (Å²) in [5, 5.41) is 9.62. The molecule has 154 valence electrons. The van der Waals surface area contributed by atoms with Gasteiger partial charge < -0.3 is 10.0 Å². The van der Waals surface area contributed by atoms with Crippen LogP contribution in [0, 0.1) is 0 Å². The SMILES string of the molecule is CCCS(=O)(=O)c1ccc(-c2ccc3c(c2)N(C(=O)O)C[C@H](C)N3C(C)=O)cc1. The fraction of sp³-hybridized carbons (Fsp3) is 0.333. The van der Waals surface area contributed by atoms with Gasteiger partial charge in [-0.25, -0.2) is 13.2 Å². The Bertz CT molecular complexity index is 1050. The Hall–Kier alpha value is -2.87. The Kier molecular flexibility index (Phi) is 5.66. The normalized spacial score (nSPS) is 16.4. The molecule has 0 aliphatic carbocycles. The third kappa shape index (κ3) is 3.98. The number of fused-ring (bicyclic) bond motifs is 1. The first kappa shape index (κ1) is 20.9. The van der Waals surface area contributed by atoms with E-state index in [1.807, 2.05) is 19.9 Å². The maximum Gasteiger partial charge on any atom is 0.411 e. The molecule has 1 atom stereocenters. The summed E-state index contributed by atoms with van der Waals surface area (Å²) in [6, 6.07) is 11.6. The predicted octanol–water partition coefficient (Wildman–Crippen LogP) is 3.78. The summed E-state index contributed by atoms with van der Waals surface area (Å²) in [7, 11) is -3.30. The first-order valence-electron chi connectivity index (χ1n) is 9.43. The molecule has 1 heterocycles. The highest BCUT2D eigenvalue weighted by atomic mass is 32.2. The second-order valence-corrected chi connectivity index (χ2v) is 9.29. The molecule has 0 unspecified atom stereocenters. The van der Waals surface area contributed by atoms with Gasteiger partial charge >= 0.3 is 6.09 Å². The predicted molar refractivity (Wildman–Crippen MR) is 112 cm³/mol. The van der Waals surface area contributed by atoms with Gasteiger partial charge in [-0.15, -0.1) is 0 Å². The van der Waals surface area contributed by atoms with E-state index >= 15 is 0 Å². The van der Waals surface area contributed by atoms with Crippen LogP contribution in [0.25, 0.3) is 11.1 Å². The number of anilines is 2. The lowest BCUT2D eigenvalue weighted by atomic mass is 10.0. The highest BCUT2D eigenvalue weighted by Gasteiger charge is 2.33. The molecule has 2 aromatic carbocycles. The number of rotatable bonds is 4. The number of carboxylic acid groups (broad SMARTS) is 1. The highest BCUT2D eigenvalue weighted by Crippen LogP contribution is 2.39. The van der Waals surface area contributed by atoms with Gasteiger partial charge in [0.2, 0.25) is 5.91 Å². The standard InChI is InChI=1S/C21H24N2O5S/c1-4-11-29(27,28)18-8-5-16(6-9-18)17-7-10-19-20(12-17)22(21(25)26)13-14(2)23(19)15(3)24/h5-10,12,14H,4,11,13H2,1-3H3,(H,25,26)/t14-/m0/s1. The van der Waals surface area contributed by atoms with Crippen LogP contribution in [0.1, 0.15) is 27.2 Å². The van der Waals surface area contributed by atoms with Gasteiger partial charge in [0, 0.05) is 13.5 Å². The van der Waals surface area contributed by atoms with Crippen molar-refractivity contribution in [2.45, 2.75) is 38.1 Å². The van der Waals surface area contributed by atoms with Crippen molar-refractivity contribution in [3.05, 3.63) is 42.5 Å².